The van der Waals surface area contributed by atoms with Crippen LogP contribution in [0.15, 0.2) is 0 Å². The zero-order valence-electron chi connectivity index (χ0n) is 14.0. The summed E-state index contributed by atoms with van der Waals surface area (Å²) in [7, 11) is -2.90. The summed E-state index contributed by atoms with van der Waals surface area (Å²) < 4.78 is 25.5. The Kier molecular flexibility index (Phi) is 6.42. The van der Waals surface area contributed by atoms with Gasteiger partial charge in [0.15, 0.2) is 0 Å². The zero-order chi connectivity index (χ0) is 15.3. The van der Waals surface area contributed by atoms with Gasteiger partial charge < -0.3 is 9.05 Å². The summed E-state index contributed by atoms with van der Waals surface area (Å²) in [5.41, 5.74) is 0.170. The van der Waals surface area contributed by atoms with Crippen LogP contribution in [-0.4, -0.2) is 18.9 Å². The van der Waals surface area contributed by atoms with Gasteiger partial charge in [0, 0.05) is 0 Å². The molecule has 3 saturated carbocycles. The topological polar surface area (TPSA) is 35.5 Å². The van der Waals surface area contributed by atoms with E-state index in [1.807, 2.05) is 0 Å². The van der Waals surface area contributed by atoms with E-state index in [0.29, 0.717) is 25.0 Å². The quantitative estimate of drug-likeness (QED) is 0.544. The van der Waals surface area contributed by atoms with Gasteiger partial charge in [0.2, 0.25) is 0 Å². The third-order valence-electron chi connectivity index (χ3n) is 5.95. The zero-order valence-corrected chi connectivity index (χ0v) is 14.9. The van der Waals surface area contributed by atoms with Gasteiger partial charge in [-0.2, -0.15) is 0 Å². The lowest BCUT2D eigenvalue weighted by Crippen LogP contribution is -2.20. The molecule has 0 atom stereocenters. The summed E-state index contributed by atoms with van der Waals surface area (Å²) >= 11 is 0. The van der Waals surface area contributed by atoms with Gasteiger partial charge in [-0.3, -0.25) is 4.57 Å². The second-order valence-electron chi connectivity index (χ2n) is 7.72. The molecule has 0 unspecified atom stereocenters. The molecule has 0 spiro atoms. The Labute approximate surface area is 136 Å². The van der Waals surface area contributed by atoms with Crippen molar-refractivity contribution in [2.24, 2.45) is 11.8 Å². The van der Waals surface area contributed by atoms with E-state index in [9.17, 15) is 4.57 Å². The third-order valence-corrected chi connectivity index (χ3v) is 8.38. The fourth-order valence-electron chi connectivity index (χ4n) is 4.42. The van der Waals surface area contributed by atoms with E-state index in [0.717, 1.165) is 12.8 Å². The fourth-order valence-corrected chi connectivity index (χ4v) is 6.75. The molecule has 0 aromatic heterocycles. The van der Waals surface area contributed by atoms with Crippen LogP contribution >= 0.6 is 7.60 Å². The van der Waals surface area contributed by atoms with Crippen molar-refractivity contribution in [1.29, 1.82) is 0 Å². The number of hydrogen-bond acceptors (Lipinski definition) is 3. The molecule has 4 heteroatoms. The van der Waals surface area contributed by atoms with Crippen molar-refractivity contribution in [3.05, 3.63) is 0 Å². The first-order valence-electron chi connectivity index (χ1n) is 9.65. The molecule has 0 heterocycles. The molecule has 128 valence electrons. The second-order valence-corrected chi connectivity index (χ2v) is 10.1. The molecule has 0 N–H and O–H groups in total. The molecule has 3 rings (SSSR count). The van der Waals surface area contributed by atoms with Gasteiger partial charge >= 0.3 is 7.60 Å². The Hall–Kier alpha value is 0.150. The van der Waals surface area contributed by atoms with Crippen LogP contribution in [0, 0.1) is 11.8 Å². The van der Waals surface area contributed by atoms with Gasteiger partial charge in [0.25, 0.3) is 0 Å². The molecule has 0 aromatic carbocycles. The smallest absolute Gasteiger partial charge is 0.308 e. The fraction of sp³-hybridized carbons (Fsp3) is 1.00. The maximum absolute atomic E-state index is 13.4. The predicted octanol–water partition coefficient (Wildman–Crippen LogP) is 5.93. The van der Waals surface area contributed by atoms with Crippen LogP contribution in [0.3, 0.4) is 0 Å². The van der Waals surface area contributed by atoms with Crippen molar-refractivity contribution in [2.45, 2.75) is 89.1 Å². The Morgan fingerprint density at radius 2 is 1.05 bits per heavy atom. The summed E-state index contributed by atoms with van der Waals surface area (Å²) in [6.07, 6.45) is 15.9. The van der Waals surface area contributed by atoms with Crippen molar-refractivity contribution in [3.8, 4) is 0 Å². The van der Waals surface area contributed by atoms with Crippen LogP contribution in [-0.2, 0) is 13.6 Å². The minimum Gasteiger partial charge on any atom is -0.308 e. The van der Waals surface area contributed by atoms with Crippen LogP contribution < -0.4 is 0 Å². The van der Waals surface area contributed by atoms with Crippen molar-refractivity contribution in [2.75, 3.05) is 13.2 Å². The lowest BCUT2D eigenvalue weighted by molar-refractivity contribution is 0.152. The van der Waals surface area contributed by atoms with E-state index in [1.54, 1.807) is 0 Å². The van der Waals surface area contributed by atoms with E-state index in [2.05, 4.69) is 0 Å². The molecular weight excluding hydrogens is 295 g/mol. The molecule has 0 aliphatic heterocycles. The standard InChI is InChI=1S/C18H33O3P/c19-22(18-12-2-1-3-13-18,20-14-16-8-4-5-9-16)21-15-17-10-6-7-11-17/h16-18H,1-15H2. The van der Waals surface area contributed by atoms with Crippen molar-refractivity contribution < 1.29 is 13.6 Å². The molecule has 0 saturated heterocycles. The van der Waals surface area contributed by atoms with Gasteiger partial charge in [0.05, 0.1) is 18.9 Å². The Morgan fingerprint density at radius 3 is 1.50 bits per heavy atom. The Morgan fingerprint density at radius 1 is 0.636 bits per heavy atom. The van der Waals surface area contributed by atoms with Gasteiger partial charge in [-0.15, -0.1) is 0 Å². The molecular formula is C18H33O3P. The molecule has 3 aliphatic rings. The molecule has 0 radical (unpaired) electrons. The Balaban J connectivity index is 1.56. The first kappa shape index (κ1) is 17.0. The van der Waals surface area contributed by atoms with Crippen LogP contribution in [0.1, 0.15) is 83.5 Å². The summed E-state index contributed by atoms with van der Waals surface area (Å²) in [5.74, 6) is 1.24. The molecule has 0 amide bonds. The monoisotopic (exact) mass is 328 g/mol. The maximum atomic E-state index is 13.4. The highest BCUT2D eigenvalue weighted by Crippen LogP contribution is 2.58. The summed E-state index contributed by atoms with van der Waals surface area (Å²) in [6.45, 7) is 1.33. The van der Waals surface area contributed by atoms with Crippen LogP contribution in [0.25, 0.3) is 0 Å². The van der Waals surface area contributed by atoms with E-state index < -0.39 is 7.60 Å². The maximum Gasteiger partial charge on any atom is 0.333 e. The van der Waals surface area contributed by atoms with Gasteiger partial charge in [-0.25, -0.2) is 0 Å². The average molecular weight is 328 g/mol. The molecule has 3 aliphatic carbocycles. The SMILES string of the molecule is O=P(OCC1CCCC1)(OCC1CCCC1)C1CCCCC1. The van der Waals surface area contributed by atoms with Gasteiger partial charge in [-0.05, 0) is 50.4 Å². The molecule has 3 fully saturated rings. The number of rotatable bonds is 7. The normalized spacial score (nSPS) is 26.0. The van der Waals surface area contributed by atoms with Crippen molar-refractivity contribution >= 4 is 7.60 Å². The summed E-state index contributed by atoms with van der Waals surface area (Å²) in [4.78, 5) is 0. The molecule has 22 heavy (non-hydrogen) atoms. The lowest BCUT2D eigenvalue weighted by Gasteiger charge is -2.31. The largest absolute Gasteiger partial charge is 0.333 e. The minimum absolute atomic E-state index is 0.170. The van der Waals surface area contributed by atoms with Crippen LogP contribution in [0.4, 0.5) is 0 Å². The highest BCUT2D eigenvalue weighted by Gasteiger charge is 2.38. The van der Waals surface area contributed by atoms with Crippen LogP contribution in [0.2, 0.25) is 0 Å². The Bertz CT molecular complexity index is 343. The molecule has 3 nitrogen and oxygen atoms in total. The summed E-state index contributed by atoms with van der Waals surface area (Å²) in [6, 6.07) is 0. The molecule has 0 bridgehead atoms. The van der Waals surface area contributed by atoms with Gasteiger partial charge in [0.1, 0.15) is 0 Å². The van der Waals surface area contributed by atoms with Gasteiger partial charge in [-0.1, -0.05) is 44.9 Å². The van der Waals surface area contributed by atoms with E-state index in [4.69, 9.17) is 9.05 Å². The first-order valence-corrected chi connectivity index (χ1v) is 11.3. The van der Waals surface area contributed by atoms with E-state index >= 15 is 0 Å². The first-order chi connectivity index (χ1) is 10.8. The molecule has 0 aromatic rings. The number of hydrogen-bond donors (Lipinski definition) is 0. The van der Waals surface area contributed by atoms with Crippen molar-refractivity contribution in [3.63, 3.8) is 0 Å². The second kappa shape index (κ2) is 8.31. The summed E-state index contributed by atoms with van der Waals surface area (Å²) in [5, 5.41) is 0. The van der Waals surface area contributed by atoms with Crippen molar-refractivity contribution in [1.82, 2.24) is 0 Å². The third kappa shape index (κ3) is 4.58. The van der Waals surface area contributed by atoms with Crippen LogP contribution in [0.5, 0.6) is 0 Å². The highest BCUT2D eigenvalue weighted by molar-refractivity contribution is 7.54. The minimum atomic E-state index is -2.90. The highest BCUT2D eigenvalue weighted by atomic mass is 31.2. The average Bonchev–Trinajstić information content (AvgIpc) is 3.25. The van der Waals surface area contributed by atoms with E-state index in [1.165, 1.54) is 70.6 Å². The van der Waals surface area contributed by atoms with E-state index in [-0.39, 0.29) is 5.66 Å². The lowest BCUT2D eigenvalue weighted by atomic mass is 10.0. The predicted molar refractivity (Wildman–Crippen MR) is 90.3 cm³/mol.